The lowest BCUT2D eigenvalue weighted by molar-refractivity contribution is -0.122. The number of nitrogens with zero attached hydrogens (tertiary/aromatic N) is 4. The van der Waals surface area contributed by atoms with E-state index in [1.54, 1.807) is 7.05 Å². The average molecular weight is 322 g/mol. The van der Waals surface area contributed by atoms with Crippen LogP contribution in [0.15, 0.2) is 4.99 Å². The van der Waals surface area contributed by atoms with Crippen molar-refractivity contribution >= 4 is 11.9 Å². The zero-order valence-corrected chi connectivity index (χ0v) is 15.6. The number of carbonyl (C=O) groups excluding carboxylic acids is 1. The second-order valence-corrected chi connectivity index (χ2v) is 6.83. The van der Waals surface area contributed by atoms with Crippen LogP contribution in [0, 0.1) is 13.8 Å². The van der Waals surface area contributed by atoms with Crippen molar-refractivity contribution in [3.05, 3.63) is 17.0 Å². The van der Waals surface area contributed by atoms with Crippen LogP contribution in [0.5, 0.6) is 0 Å². The fourth-order valence-corrected chi connectivity index (χ4v) is 2.37. The van der Waals surface area contributed by atoms with E-state index in [-0.39, 0.29) is 18.0 Å². The zero-order chi connectivity index (χ0) is 17.8. The maximum atomic E-state index is 12.0. The van der Waals surface area contributed by atoms with E-state index >= 15 is 0 Å². The number of amides is 1. The van der Waals surface area contributed by atoms with Crippen LogP contribution in [-0.4, -0.2) is 52.7 Å². The van der Waals surface area contributed by atoms with E-state index in [1.807, 2.05) is 58.3 Å². The van der Waals surface area contributed by atoms with Crippen molar-refractivity contribution < 1.29 is 4.79 Å². The average Bonchev–Trinajstić information content (AvgIpc) is 2.62. The molecule has 7 heteroatoms. The molecule has 0 aliphatic heterocycles. The summed E-state index contributed by atoms with van der Waals surface area (Å²) in [5, 5.41) is 10.6. The van der Waals surface area contributed by atoms with Gasteiger partial charge in [-0.3, -0.25) is 14.5 Å². The van der Waals surface area contributed by atoms with Crippen LogP contribution in [-0.2, 0) is 18.4 Å². The van der Waals surface area contributed by atoms with Gasteiger partial charge in [0, 0.05) is 44.5 Å². The minimum atomic E-state index is -0.237. The van der Waals surface area contributed by atoms with Gasteiger partial charge in [-0.25, -0.2) is 0 Å². The highest BCUT2D eigenvalue weighted by atomic mass is 16.2. The molecule has 1 heterocycles. The summed E-state index contributed by atoms with van der Waals surface area (Å²) in [7, 11) is 5.49. The maximum Gasteiger partial charge on any atom is 0.240 e. The first-order valence-electron chi connectivity index (χ1n) is 7.77. The third-order valence-electron chi connectivity index (χ3n) is 3.55. The first-order chi connectivity index (χ1) is 10.5. The predicted molar refractivity (Wildman–Crippen MR) is 93.4 cm³/mol. The topological polar surface area (TPSA) is 74.5 Å². The summed E-state index contributed by atoms with van der Waals surface area (Å²) in [6.45, 7) is 10.8. The van der Waals surface area contributed by atoms with Gasteiger partial charge in [0.2, 0.25) is 5.91 Å². The maximum absolute atomic E-state index is 12.0. The summed E-state index contributed by atoms with van der Waals surface area (Å²) < 4.78 is 1.87. The summed E-state index contributed by atoms with van der Waals surface area (Å²) in [4.78, 5) is 18.1. The van der Waals surface area contributed by atoms with Crippen LogP contribution in [0.3, 0.4) is 0 Å². The molecule has 0 aliphatic carbocycles. The number of carbonyl (C=O) groups is 1. The molecule has 0 aliphatic rings. The van der Waals surface area contributed by atoms with E-state index in [1.165, 1.54) is 0 Å². The molecule has 0 radical (unpaired) electrons. The van der Waals surface area contributed by atoms with Crippen molar-refractivity contribution in [3.8, 4) is 0 Å². The Kier molecular flexibility index (Phi) is 6.18. The molecular weight excluding hydrogens is 292 g/mol. The van der Waals surface area contributed by atoms with E-state index in [9.17, 15) is 4.79 Å². The standard InChI is InChI=1S/C16H30N6O/c1-11-13(12(2)22(8)20-11)9-18-15(17-6)21(7)10-14(23)19-16(3,4)5/h9-10H2,1-8H3,(H,17,18)(H,19,23). The van der Waals surface area contributed by atoms with Gasteiger partial charge < -0.3 is 15.5 Å². The zero-order valence-electron chi connectivity index (χ0n) is 15.6. The Hall–Kier alpha value is -2.05. The fourth-order valence-electron chi connectivity index (χ4n) is 2.37. The second-order valence-electron chi connectivity index (χ2n) is 6.83. The van der Waals surface area contributed by atoms with E-state index in [0.717, 1.165) is 17.0 Å². The van der Waals surface area contributed by atoms with Crippen LogP contribution < -0.4 is 10.6 Å². The van der Waals surface area contributed by atoms with E-state index < -0.39 is 0 Å². The lowest BCUT2D eigenvalue weighted by Crippen LogP contribution is -2.48. The molecule has 0 fully saturated rings. The van der Waals surface area contributed by atoms with Gasteiger partial charge in [0.1, 0.15) is 0 Å². The van der Waals surface area contributed by atoms with Crippen molar-refractivity contribution in [2.45, 2.75) is 46.7 Å². The minimum absolute atomic E-state index is 0.0308. The smallest absolute Gasteiger partial charge is 0.240 e. The van der Waals surface area contributed by atoms with Crippen molar-refractivity contribution in [2.75, 3.05) is 20.6 Å². The van der Waals surface area contributed by atoms with Gasteiger partial charge in [0.25, 0.3) is 0 Å². The number of hydrogen-bond acceptors (Lipinski definition) is 3. The largest absolute Gasteiger partial charge is 0.352 e. The SMILES string of the molecule is CN=C(NCc1c(C)nn(C)c1C)N(C)CC(=O)NC(C)(C)C. The molecule has 0 atom stereocenters. The summed E-state index contributed by atoms with van der Waals surface area (Å²) in [6.07, 6.45) is 0. The van der Waals surface area contributed by atoms with Crippen LogP contribution in [0.1, 0.15) is 37.7 Å². The van der Waals surface area contributed by atoms with Crippen LogP contribution in [0.2, 0.25) is 0 Å². The van der Waals surface area contributed by atoms with E-state index in [2.05, 4.69) is 20.7 Å². The fraction of sp³-hybridized carbons (Fsp3) is 0.688. The number of aryl methyl sites for hydroxylation is 2. The van der Waals surface area contributed by atoms with Crippen LogP contribution in [0.25, 0.3) is 0 Å². The molecular formula is C16H30N6O. The Bertz CT molecular complexity index is 582. The van der Waals surface area contributed by atoms with E-state index in [0.29, 0.717) is 12.5 Å². The molecule has 1 aromatic heterocycles. The number of nitrogens with one attached hydrogen (secondary N) is 2. The summed E-state index contributed by atoms with van der Waals surface area (Å²) >= 11 is 0. The van der Waals surface area contributed by atoms with Gasteiger partial charge in [0.05, 0.1) is 12.2 Å². The quantitative estimate of drug-likeness (QED) is 0.639. The number of likely N-dealkylation sites (N-methyl/N-ethyl adjacent to an activating group) is 1. The molecule has 1 rings (SSSR count). The van der Waals surface area contributed by atoms with Gasteiger partial charge in [-0.2, -0.15) is 5.10 Å². The van der Waals surface area contributed by atoms with Gasteiger partial charge in [-0.15, -0.1) is 0 Å². The summed E-state index contributed by atoms with van der Waals surface area (Å²) in [5.41, 5.74) is 3.04. The lowest BCUT2D eigenvalue weighted by atomic mass is 10.1. The molecule has 7 nitrogen and oxygen atoms in total. The monoisotopic (exact) mass is 322 g/mol. The van der Waals surface area contributed by atoms with Gasteiger partial charge in [-0.1, -0.05) is 0 Å². The Labute approximate surface area is 139 Å². The molecule has 130 valence electrons. The van der Waals surface area contributed by atoms with Crippen molar-refractivity contribution in [1.29, 1.82) is 0 Å². The predicted octanol–water partition coefficient (Wildman–Crippen LogP) is 0.959. The molecule has 1 aromatic rings. The van der Waals surface area contributed by atoms with E-state index in [4.69, 9.17) is 0 Å². The molecule has 0 spiro atoms. The van der Waals surface area contributed by atoms with Crippen molar-refractivity contribution in [2.24, 2.45) is 12.0 Å². The Morgan fingerprint density at radius 1 is 1.35 bits per heavy atom. The third kappa shape index (κ3) is 5.58. The van der Waals surface area contributed by atoms with Gasteiger partial charge in [0.15, 0.2) is 5.96 Å². The Balaban J connectivity index is 2.65. The molecule has 0 aromatic carbocycles. The molecule has 1 amide bonds. The highest BCUT2D eigenvalue weighted by molar-refractivity contribution is 5.86. The molecule has 0 bridgehead atoms. The Morgan fingerprint density at radius 3 is 2.39 bits per heavy atom. The molecule has 0 saturated carbocycles. The number of rotatable bonds is 4. The summed E-state index contributed by atoms with van der Waals surface area (Å²) in [5.74, 6) is 0.647. The van der Waals surface area contributed by atoms with Gasteiger partial charge >= 0.3 is 0 Å². The second kappa shape index (κ2) is 7.48. The third-order valence-corrected chi connectivity index (χ3v) is 3.55. The molecule has 0 saturated heterocycles. The van der Waals surface area contributed by atoms with Gasteiger partial charge in [-0.05, 0) is 34.6 Å². The van der Waals surface area contributed by atoms with Crippen LogP contribution >= 0.6 is 0 Å². The number of aromatic nitrogens is 2. The molecule has 23 heavy (non-hydrogen) atoms. The normalized spacial score (nSPS) is 12.3. The highest BCUT2D eigenvalue weighted by Gasteiger charge is 2.17. The highest BCUT2D eigenvalue weighted by Crippen LogP contribution is 2.11. The number of hydrogen-bond donors (Lipinski definition) is 2. The number of guanidine groups is 1. The van der Waals surface area contributed by atoms with Crippen molar-refractivity contribution in [3.63, 3.8) is 0 Å². The minimum Gasteiger partial charge on any atom is -0.352 e. The summed E-state index contributed by atoms with van der Waals surface area (Å²) in [6, 6.07) is 0. The molecule has 0 unspecified atom stereocenters. The lowest BCUT2D eigenvalue weighted by Gasteiger charge is -2.25. The Morgan fingerprint density at radius 2 is 1.96 bits per heavy atom. The first kappa shape index (κ1) is 19.0. The van der Waals surface area contributed by atoms with Crippen molar-refractivity contribution in [1.82, 2.24) is 25.3 Å². The van der Waals surface area contributed by atoms with Crippen LogP contribution in [0.4, 0.5) is 0 Å². The molecule has 2 N–H and O–H groups in total. The first-order valence-corrected chi connectivity index (χ1v) is 7.77. The number of aliphatic imine (C=N–C) groups is 1.